The van der Waals surface area contributed by atoms with Crippen molar-refractivity contribution in [2.75, 3.05) is 24.5 Å². The van der Waals surface area contributed by atoms with Crippen LogP contribution in [0.4, 0.5) is 5.82 Å². The maximum atomic E-state index is 4.43. The van der Waals surface area contributed by atoms with Crippen LogP contribution in [-0.2, 0) is 6.54 Å². The molecular formula is C17H21BrN4. The molecule has 1 aliphatic heterocycles. The third kappa shape index (κ3) is 3.65. The molecule has 4 nitrogen and oxygen atoms in total. The van der Waals surface area contributed by atoms with Gasteiger partial charge in [-0.05, 0) is 34.8 Å². The Bertz CT molecular complexity index is 605. The third-order valence-electron chi connectivity index (χ3n) is 4.27. The number of anilines is 1. The molecule has 0 bridgehead atoms. The molecule has 0 N–H and O–H groups in total. The second kappa shape index (κ2) is 7.20. The summed E-state index contributed by atoms with van der Waals surface area (Å²) in [5.74, 6) is 1.00. The first-order chi connectivity index (χ1) is 10.7. The molecule has 1 unspecified atom stereocenters. The van der Waals surface area contributed by atoms with E-state index in [1.807, 2.05) is 6.20 Å². The van der Waals surface area contributed by atoms with Gasteiger partial charge in [-0.1, -0.05) is 30.3 Å². The number of hydrogen-bond acceptors (Lipinski definition) is 4. The number of benzene rings is 1. The largest absolute Gasteiger partial charge is 0.354 e. The van der Waals surface area contributed by atoms with E-state index in [0.29, 0.717) is 6.04 Å². The highest BCUT2D eigenvalue weighted by Crippen LogP contribution is 2.24. The maximum absolute atomic E-state index is 4.43. The molecule has 1 atom stereocenters. The smallest absolute Gasteiger partial charge is 0.146 e. The Labute approximate surface area is 140 Å². The van der Waals surface area contributed by atoms with Gasteiger partial charge in [0, 0.05) is 38.4 Å². The van der Waals surface area contributed by atoms with Crippen LogP contribution in [0.3, 0.4) is 0 Å². The van der Waals surface area contributed by atoms with Crippen molar-refractivity contribution in [2.24, 2.45) is 0 Å². The maximum Gasteiger partial charge on any atom is 0.146 e. The fourth-order valence-electron chi connectivity index (χ4n) is 2.91. The minimum absolute atomic E-state index is 0.575. The standard InChI is InChI=1S/C17H21BrN4/c1-14-7-8-21(17-16(18)11-19-13-20-17)9-10-22(14)12-15-5-3-2-4-6-15/h2-6,11,13-14H,7-10,12H2,1H3. The topological polar surface area (TPSA) is 32.3 Å². The van der Waals surface area contributed by atoms with Crippen molar-refractivity contribution in [3.63, 3.8) is 0 Å². The summed E-state index contributed by atoms with van der Waals surface area (Å²) in [5, 5.41) is 0. The van der Waals surface area contributed by atoms with Crippen LogP contribution in [0.2, 0.25) is 0 Å². The van der Waals surface area contributed by atoms with Crippen LogP contribution in [0, 0.1) is 0 Å². The lowest BCUT2D eigenvalue weighted by atomic mass is 10.1. The SMILES string of the molecule is CC1CCN(c2ncncc2Br)CCN1Cc1ccccc1. The van der Waals surface area contributed by atoms with Crippen LogP contribution < -0.4 is 4.90 Å². The fraction of sp³-hybridized carbons (Fsp3) is 0.412. The molecule has 0 aliphatic carbocycles. The van der Waals surface area contributed by atoms with Crippen molar-refractivity contribution >= 4 is 21.7 Å². The van der Waals surface area contributed by atoms with E-state index in [1.54, 1.807) is 6.33 Å². The Hall–Kier alpha value is -1.46. The Morgan fingerprint density at radius 2 is 2.00 bits per heavy atom. The van der Waals surface area contributed by atoms with Crippen molar-refractivity contribution in [2.45, 2.75) is 25.9 Å². The summed E-state index contributed by atoms with van der Waals surface area (Å²) < 4.78 is 0.971. The summed E-state index contributed by atoms with van der Waals surface area (Å²) in [5.41, 5.74) is 1.38. The van der Waals surface area contributed by atoms with E-state index >= 15 is 0 Å². The van der Waals surface area contributed by atoms with E-state index in [0.717, 1.165) is 42.9 Å². The molecule has 116 valence electrons. The molecule has 3 rings (SSSR count). The first-order valence-electron chi connectivity index (χ1n) is 7.72. The Balaban J connectivity index is 1.69. The molecule has 2 aromatic rings. The predicted octanol–water partition coefficient (Wildman–Crippen LogP) is 3.34. The average molecular weight is 361 g/mol. The van der Waals surface area contributed by atoms with E-state index in [1.165, 1.54) is 5.56 Å². The molecule has 1 saturated heterocycles. The van der Waals surface area contributed by atoms with Gasteiger partial charge in [0.25, 0.3) is 0 Å². The van der Waals surface area contributed by atoms with Gasteiger partial charge in [0.15, 0.2) is 0 Å². The summed E-state index contributed by atoms with van der Waals surface area (Å²) in [6.07, 6.45) is 4.58. The Morgan fingerprint density at radius 3 is 2.77 bits per heavy atom. The molecule has 1 fully saturated rings. The van der Waals surface area contributed by atoms with E-state index < -0.39 is 0 Å². The normalized spacial score (nSPS) is 19.9. The molecule has 5 heteroatoms. The van der Waals surface area contributed by atoms with Crippen molar-refractivity contribution in [3.05, 3.63) is 52.9 Å². The predicted molar refractivity (Wildman–Crippen MR) is 92.9 cm³/mol. The van der Waals surface area contributed by atoms with Gasteiger partial charge in [0.1, 0.15) is 12.1 Å². The van der Waals surface area contributed by atoms with Gasteiger partial charge in [-0.3, -0.25) is 4.90 Å². The molecule has 0 amide bonds. The van der Waals surface area contributed by atoms with E-state index in [2.05, 4.69) is 73.0 Å². The van der Waals surface area contributed by atoms with E-state index in [9.17, 15) is 0 Å². The Kier molecular flexibility index (Phi) is 5.05. The molecular weight excluding hydrogens is 340 g/mol. The fourth-order valence-corrected chi connectivity index (χ4v) is 3.38. The van der Waals surface area contributed by atoms with E-state index in [4.69, 9.17) is 0 Å². The summed E-state index contributed by atoms with van der Waals surface area (Å²) in [6.45, 7) is 6.41. The monoisotopic (exact) mass is 360 g/mol. The lowest BCUT2D eigenvalue weighted by Crippen LogP contribution is -2.34. The van der Waals surface area contributed by atoms with Crippen LogP contribution in [0.1, 0.15) is 18.9 Å². The second-order valence-corrected chi connectivity index (χ2v) is 6.63. The van der Waals surface area contributed by atoms with Crippen LogP contribution in [0.25, 0.3) is 0 Å². The third-order valence-corrected chi connectivity index (χ3v) is 4.83. The number of aromatic nitrogens is 2. The number of nitrogens with zero attached hydrogens (tertiary/aromatic N) is 4. The summed E-state index contributed by atoms with van der Waals surface area (Å²) in [6, 6.07) is 11.3. The minimum Gasteiger partial charge on any atom is -0.354 e. The van der Waals surface area contributed by atoms with Crippen LogP contribution >= 0.6 is 15.9 Å². The van der Waals surface area contributed by atoms with Gasteiger partial charge in [-0.2, -0.15) is 0 Å². The molecule has 1 aromatic carbocycles. The molecule has 0 saturated carbocycles. The van der Waals surface area contributed by atoms with Gasteiger partial charge < -0.3 is 4.90 Å². The highest BCUT2D eigenvalue weighted by atomic mass is 79.9. The first-order valence-corrected chi connectivity index (χ1v) is 8.52. The number of halogens is 1. The van der Waals surface area contributed by atoms with Crippen LogP contribution in [0.15, 0.2) is 47.3 Å². The summed E-state index contributed by atoms with van der Waals surface area (Å²) in [4.78, 5) is 13.4. The van der Waals surface area contributed by atoms with Gasteiger partial charge in [0.2, 0.25) is 0 Å². The van der Waals surface area contributed by atoms with Crippen LogP contribution in [-0.4, -0.2) is 40.5 Å². The minimum atomic E-state index is 0.575. The molecule has 22 heavy (non-hydrogen) atoms. The van der Waals surface area contributed by atoms with Crippen molar-refractivity contribution < 1.29 is 0 Å². The summed E-state index contributed by atoms with van der Waals surface area (Å²) >= 11 is 3.56. The quantitative estimate of drug-likeness (QED) is 0.840. The van der Waals surface area contributed by atoms with Crippen molar-refractivity contribution in [3.8, 4) is 0 Å². The molecule has 1 aromatic heterocycles. The van der Waals surface area contributed by atoms with Crippen molar-refractivity contribution in [1.82, 2.24) is 14.9 Å². The second-order valence-electron chi connectivity index (χ2n) is 5.78. The van der Waals surface area contributed by atoms with Crippen molar-refractivity contribution in [1.29, 1.82) is 0 Å². The lowest BCUT2D eigenvalue weighted by Gasteiger charge is -2.26. The zero-order valence-corrected chi connectivity index (χ0v) is 14.4. The molecule has 0 radical (unpaired) electrons. The molecule has 0 spiro atoms. The highest BCUT2D eigenvalue weighted by Gasteiger charge is 2.22. The Morgan fingerprint density at radius 1 is 1.18 bits per heavy atom. The van der Waals surface area contributed by atoms with E-state index in [-0.39, 0.29) is 0 Å². The lowest BCUT2D eigenvalue weighted by molar-refractivity contribution is 0.212. The summed E-state index contributed by atoms with van der Waals surface area (Å²) in [7, 11) is 0. The highest BCUT2D eigenvalue weighted by molar-refractivity contribution is 9.10. The van der Waals surface area contributed by atoms with Gasteiger partial charge in [-0.25, -0.2) is 9.97 Å². The molecule has 2 heterocycles. The number of hydrogen-bond donors (Lipinski definition) is 0. The number of rotatable bonds is 3. The van der Waals surface area contributed by atoms with Crippen LogP contribution in [0.5, 0.6) is 0 Å². The van der Waals surface area contributed by atoms with Gasteiger partial charge >= 0.3 is 0 Å². The van der Waals surface area contributed by atoms with Gasteiger partial charge in [-0.15, -0.1) is 0 Å². The molecule has 1 aliphatic rings. The zero-order chi connectivity index (χ0) is 15.4. The first kappa shape index (κ1) is 15.4. The average Bonchev–Trinajstić information content (AvgIpc) is 2.72. The zero-order valence-electron chi connectivity index (χ0n) is 12.8. The van der Waals surface area contributed by atoms with Gasteiger partial charge in [0.05, 0.1) is 4.47 Å².